The van der Waals surface area contributed by atoms with Gasteiger partial charge in [-0.3, -0.25) is 4.90 Å². The highest BCUT2D eigenvalue weighted by atomic mass is 16.4. The van der Waals surface area contributed by atoms with Crippen molar-refractivity contribution < 1.29 is 9.90 Å². The van der Waals surface area contributed by atoms with Crippen molar-refractivity contribution in [3.63, 3.8) is 0 Å². The number of rotatable bonds is 6. The summed E-state index contributed by atoms with van der Waals surface area (Å²) in [5, 5.41) is 9.84. The van der Waals surface area contributed by atoms with E-state index in [1.54, 1.807) is 6.07 Å². The maximum Gasteiger partial charge on any atom is 0.337 e. The Balaban J connectivity index is 1.62. The fourth-order valence-electron chi connectivity index (χ4n) is 6.04. The summed E-state index contributed by atoms with van der Waals surface area (Å²) in [5.41, 5.74) is 3.83. The first-order valence-corrected chi connectivity index (χ1v) is 11.5. The van der Waals surface area contributed by atoms with Crippen LogP contribution in [0.1, 0.15) is 40.2 Å². The van der Waals surface area contributed by atoms with Crippen LogP contribution < -0.4 is 4.90 Å². The summed E-state index contributed by atoms with van der Waals surface area (Å²) in [6.07, 6.45) is 2.33. The molecule has 0 saturated carbocycles. The first kappa shape index (κ1) is 20.8. The summed E-state index contributed by atoms with van der Waals surface area (Å²) < 4.78 is 0. The summed E-state index contributed by atoms with van der Waals surface area (Å²) in [6, 6.07) is 29.6. The first-order valence-electron chi connectivity index (χ1n) is 11.5. The molecule has 2 unspecified atom stereocenters. The summed E-state index contributed by atoms with van der Waals surface area (Å²) in [7, 11) is 2.09. The predicted octanol–water partition coefficient (Wildman–Crippen LogP) is 5.12. The zero-order valence-corrected chi connectivity index (χ0v) is 18.5. The number of hydrogen-bond donors (Lipinski definition) is 1. The molecule has 3 fully saturated rings. The van der Waals surface area contributed by atoms with E-state index >= 15 is 0 Å². The van der Waals surface area contributed by atoms with Gasteiger partial charge in [-0.25, -0.2) is 4.79 Å². The van der Waals surface area contributed by atoms with Crippen LogP contribution in [-0.4, -0.2) is 48.2 Å². The Morgan fingerprint density at radius 2 is 1.41 bits per heavy atom. The molecule has 0 radical (unpaired) electrons. The average molecular weight is 427 g/mol. The number of benzene rings is 3. The Bertz CT molecular complexity index is 1020. The van der Waals surface area contributed by atoms with Crippen LogP contribution in [0.25, 0.3) is 0 Å². The fraction of sp³-hybridized carbons (Fsp3) is 0.321. The largest absolute Gasteiger partial charge is 0.478 e. The number of anilines is 1. The Labute approximate surface area is 190 Å². The molecule has 3 saturated heterocycles. The molecule has 6 rings (SSSR count). The minimum atomic E-state index is -0.868. The van der Waals surface area contributed by atoms with Crippen molar-refractivity contribution in [2.75, 3.05) is 25.0 Å². The number of aromatic carboxylic acids is 1. The topological polar surface area (TPSA) is 43.8 Å². The first-order chi connectivity index (χ1) is 15.6. The number of hydrogen-bond acceptors (Lipinski definition) is 3. The van der Waals surface area contributed by atoms with E-state index in [1.807, 2.05) is 18.2 Å². The van der Waals surface area contributed by atoms with Crippen LogP contribution in [0.3, 0.4) is 0 Å². The highest BCUT2D eigenvalue weighted by Crippen LogP contribution is 2.45. The van der Waals surface area contributed by atoms with E-state index in [0.717, 1.165) is 31.6 Å². The van der Waals surface area contributed by atoms with Crippen LogP contribution in [0, 0.1) is 5.92 Å². The van der Waals surface area contributed by atoms with Crippen molar-refractivity contribution in [3.05, 3.63) is 102 Å². The molecular weight excluding hydrogens is 396 g/mol. The van der Waals surface area contributed by atoms with Crippen molar-refractivity contribution in [2.45, 2.75) is 30.8 Å². The lowest BCUT2D eigenvalue weighted by Crippen LogP contribution is -2.65. The molecule has 4 heteroatoms. The van der Waals surface area contributed by atoms with E-state index in [9.17, 15) is 9.90 Å². The Morgan fingerprint density at radius 3 is 1.97 bits per heavy atom. The lowest BCUT2D eigenvalue weighted by atomic mass is 9.70. The van der Waals surface area contributed by atoms with E-state index in [2.05, 4.69) is 77.5 Å². The average Bonchev–Trinajstić information content (AvgIpc) is 2.86. The predicted molar refractivity (Wildman–Crippen MR) is 128 cm³/mol. The summed E-state index contributed by atoms with van der Waals surface area (Å²) in [4.78, 5) is 16.9. The molecule has 1 N–H and O–H groups in total. The van der Waals surface area contributed by atoms with Gasteiger partial charge in [0.1, 0.15) is 0 Å². The van der Waals surface area contributed by atoms with Gasteiger partial charge in [0.05, 0.1) is 11.3 Å². The van der Waals surface area contributed by atoms with Crippen LogP contribution in [0.2, 0.25) is 0 Å². The lowest BCUT2D eigenvalue weighted by Gasteiger charge is -2.57. The van der Waals surface area contributed by atoms with E-state index in [1.165, 1.54) is 11.1 Å². The second-order valence-corrected chi connectivity index (χ2v) is 9.09. The Kier molecular flexibility index (Phi) is 5.71. The van der Waals surface area contributed by atoms with Gasteiger partial charge in [-0.05, 0) is 55.1 Å². The number of carboxylic acid groups (broad SMARTS) is 1. The minimum absolute atomic E-state index is 0.227. The highest BCUT2D eigenvalue weighted by Gasteiger charge is 2.48. The third kappa shape index (κ3) is 3.69. The molecule has 3 heterocycles. The van der Waals surface area contributed by atoms with E-state index < -0.39 is 5.97 Å². The highest BCUT2D eigenvalue weighted by molar-refractivity contribution is 5.94. The van der Waals surface area contributed by atoms with Gasteiger partial charge in [0.2, 0.25) is 0 Å². The number of carbonyl (C=O) groups is 1. The maximum absolute atomic E-state index is 12.0. The van der Waals surface area contributed by atoms with Gasteiger partial charge in [-0.15, -0.1) is 0 Å². The van der Waals surface area contributed by atoms with Gasteiger partial charge in [-0.2, -0.15) is 0 Å². The van der Waals surface area contributed by atoms with Crippen LogP contribution >= 0.6 is 0 Å². The molecule has 3 aliphatic heterocycles. The number of para-hydroxylation sites is 1. The third-order valence-corrected chi connectivity index (χ3v) is 7.45. The van der Waals surface area contributed by atoms with Gasteiger partial charge in [0.15, 0.2) is 0 Å². The zero-order valence-electron chi connectivity index (χ0n) is 18.5. The van der Waals surface area contributed by atoms with Crippen LogP contribution in [0.15, 0.2) is 84.9 Å². The summed E-state index contributed by atoms with van der Waals surface area (Å²) >= 11 is 0. The lowest BCUT2D eigenvalue weighted by molar-refractivity contribution is 0.0185. The molecule has 0 aromatic heterocycles. The van der Waals surface area contributed by atoms with E-state index in [-0.39, 0.29) is 18.0 Å². The second kappa shape index (κ2) is 8.79. The van der Waals surface area contributed by atoms with Crippen molar-refractivity contribution in [1.82, 2.24) is 4.90 Å². The van der Waals surface area contributed by atoms with Crippen LogP contribution in [-0.2, 0) is 0 Å². The molecular formula is C28H30N2O2. The molecule has 2 bridgehead atoms. The number of nitrogens with zero attached hydrogens (tertiary/aromatic N) is 2. The number of carboxylic acids is 1. The zero-order chi connectivity index (χ0) is 22.1. The van der Waals surface area contributed by atoms with E-state index in [0.29, 0.717) is 11.5 Å². The monoisotopic (exact) mass is 426 g/mol. The van der Waals surface area contributed by atoms with E-state index in [4.69, 9.17) is 0 Å². The van der Waals surface area contributed by atoms with Gasteiger partial charge in [0, 0.05) is 25.0 Å². The molecule has 164 valence electrons. The Morgan fingerprint density at radius 1 is 0.875 bits per heavy atom. The molecule has 0 spiro atoms. The molecule has 32 heavy (non-hydrogen) atoms. The standard InChI is InChI=1S/C28H30N2O2/c1-29(24-15-9-8-14-23(24)28(31)32)26-22-16-18-30(19-17-22)27(26)25(20-10-4-2-5-11-20)21-12-6-3-7-13-21/h2-15,22,25-27H,16-19H2,1H3,(H,31,32). The van der Waals surface area contributed by atoms with Crippen LogP contribution in [0.4, 0.5) is 5.69 Å². The van der Waals surface area contributed by atoms with Crippen molar-refractivity contribution in [2.24, 2.45) is 5.92 Å². The molecule has 0 aliphatic carbocycles. The Hall–Kier alpha value is -3.11. The van der Waals surface area contributed by atoms with Gasteiger partial charge >= 0.3 is 5.97 Å². The molecule has 4 nitrogen and oxygen atoms in total. The number of likely N-dealkylation sites (N-methyl/N-ethyl adjacent to an activating group) is 1. The van der Waals surface area contributed by atoms with Gasteiger partial charge in [0.25, 0.3) is 0 Å². The number of fused-ring (bicyclic) bond motifs is 3. The van der Waals surface area contributed by atoms with Crippen molar-refractivity contribution in [3.8, 4) is 0 Å². The normalized spacial score (nSPS) is 24.4. The quantitative estimate of drug-likeness (QED) is 0.594. The molecule has 3 aromatic rings. The third-order valence-electron chi connectivity index (χ3n) is 7.45. The SMILES string of the molecule is CN(c1ccccc1C(=O)O)C1C2CCN(CC2)C1C(c1ccccc1)c1ccccc1. The summed E-state index contributed by atoms with van der Waals surface area (Å²) in [5.74, 6) is -0.0929. The molecule has 0 amide bonds. The molecule has 3 aromatic carbocycles. The molecule has 2 atom stereocenters. The van der Waals surface area contributed by atoms with Crippen molar-refractivity contribution in [1.29, 1.82) is 0 Å². The fourth-order valence-corrected chi connectivity index (χ4v) is 6.04. The smallest absolute Gasteiger partial charge is 0.337 e. The maximum atomic E-state index is 12.0. The summed E-state index contributed by atoms with van der Waals surface area (Å²) in [6.45, 7) is 2.22. The van der Waals surface area contributed by atoms with Crippen LogP contribution in [0.5, 0.6) is 0 Å². The minimum Gasteiger partial charge on any atom is -0.478 e. The van der Waals surface area contributed by atoms with Gasteiger partial charge in [-0.1, -0.05) is 72.8 Å². The second-order valence-electron chi connectivity index (χ2n) is 9.09. The van der Waals surface area contributed by atoms with Crippen molar-refractivity contribution >= 4 is 11.7 Å². The van der Waals surface area contributed by atoms with Gasteiger partial charge < -0.3 is 10.0 Å². The number of piperidine rings is 3. The molecule has 3 aliphatic rings.